The number of rotatable bonds is 3. The van der Waals surface area contributed by atoms with Crippen LogP contribution in [0.25, 0.3) is 6.08 Å². The van der Waals surface area contributed by atoms with Crippen molar-refractivity contribution >= 4 is 18.3 Å². The van der Waals surface area contributed by atoms with Crippen molar-refractivity contribution in [2.24, 2.45) is 5.73 Å². The second-order valence-corrected chi connectivity index (χ2v) is 2.64. The number of nitrogens with two attached hydrogens (primary N) is 1. The molecule has 4 nitrogen and oxygen atoms in total. The zero-order chi connectivity index (χ0) is 10.6. The highest BCUT2D eigenvalue weighted by atomic mass is 16.3. The zero-order valence-electron chi connectivity index (χ0n) is 7.31. The summed E-state index contributed by atoms with van der Waals surface area (Å²) in [6.45, 7) is 0. The topological polar surface area (TPSA) is 80.4 Å². The number of para-hydroxylation sites is 1. The lowest BCUT2D eigenvalue weighted by atomic mass is 10.1. The molecule has 3 N–H and O–H groups in total. The van der Waals surface area contributed by atoms with Crippen LogP contribution in [0, 0.1) is 0 Å². The summed E-state index contributed by atoms with van der Waals surface area (Å²) in [5.41, 5.74) is 5.44. The van der Waals surface area contributed by atoms with Crippen LogP contribution >= 0.6 is 0 Å². The Morgan fingerprint density at radius 1 is 1.36 bits per heavy atom. The average Bonchev–Trinajstić information content (AvgIpc) is 2.16. The molecule has 4 heteroatoms. The van der Waals surface area contributed by atoms with Crippen LogP contribution in [0.2, 0.25) is 0 Å². The number of aromatic hydroxyl groups is 1. The van der Waals surface area contributed by atoms with Crippen molar-refractivity contribution in [3.8, 4) is 5.75 Å². The molecule has 72 valence electrons. The van der Waals surface area contributed by atoms with E-state index in [9.17, 15) is 14.7 Å². The van der Waals surface area contributed by atoms with Gasteiger partial charge < -0.3 is 10.8 Å². The van der Waals surface area contributed by atoms with Crippen molar-refractivity contribution in [1.29, 1.82) is 0 Å². The minimum atomic E-state index is -0.610. The molecular weight excluding hydrogens is 182 g/mol. The monoisotopic (exact) mass is 191 g/mol. The Bertz CT molecular complexity index is 396. The molecule has 1 aromatic carbocycles. The first-order valence-corrected chi connectivity index (χ1v) is 3.90. The number of benzene rings is 1. The summed E-state index contributed by atoms with van der Waals surface area (Å²) in [6.07, 6.45) is 3.01. The summed E-state index contributed by atoms with van der Waals surface area (Å²) in [7, 11) is 0. The number of carbonyl (C=O) groups is 2. The molecule has 0 aliphatic heterocycles. The fourth-order valence-electron chi connectivity index (χ4n) is 0.981. The van der Waals surface area contributed by atoms with Crippen LogP contribution in [-0.2, 0) is 4.79 Å². The van der Waals surface area contributed by atoms with Gasteiger partial charge >= 0.3 is 0 Å². The average molecular weight is 191 g/mol. The van der Waals surface area contributed by atoms with Crippen molar-refractivity contribution in [2.45, 2.75) is 0 Å². The molecular formula is C10H9NO3. The van der Waals surface area contributed by atoms with E-state index in [1.807, 2.05) is 0 Å². The summed E-state index contributed by atoms with van der Waals surface area (Å²) in [5, 5.41) is 9.47. The molecule has 0 aliphatic carbocycles. The van der Waals surface area contributed by atoms with Gasteiger partial charge in [-0.15, -0.1) is 0 Å². The van der Waals surface area contributed by atoms with Crippen LogP contribution in [0.4, 0.5) is 0 Å². The largest absolute Gasteiger partial charge is 0.507 e. The Kier molecular flexibility index (Phi) is 3.01. The summed E-state index contributed by atoms with van der Waals surface area (Å²) >= 11 is 0. The fourth-order valence-corrected chi connectivity index (χ4v) is 0.981. The predicted molar refractivity (Wildman–Crippen MR) is 51.7 cm³/mol. The summed E-state index contributed by atoms with van der Waals surface area (Å²) in [5.74, 6) is -0.763. The fraction of sp³-hybridized carbons (Fsp3) is 0. The Morgan fingerprint density at radius 2 is 2.00 bits per heavy atom. The van der Waals surface area contributed by atoms with E-state index in [2.05, 4.69) is 0 Å². The standard InChI is InChI=1S/C10H9NO3/c11-9(13)5-4-7-2-1-3-8(6-12)10(7)14/h1-6,14H,(H2,11,13). The molecule has 14 heavy (non-hydrogen) atoms. The minimum Gasteiger partial charge on any atom is -0.507 e. The summed E-state index contributed by atoms with van der Waals surface area (Å²) < 4.78 is 0. The molecule has 0 atom stereocenters. The van der Waals surface area contributed by atoms with Crippen molar-refractivity contribution in [1.82, 2.24) is 0 Å². The van der Waals surface area contributed by atoms with Crippen LogP contribution in [0.5, 0.6) is 5.75 Å². The van der Waals surface area contributed by atoms with Crippen LogP contribution in [-0.4, -0.2) is 17.3 Å². The van der Waals surface area contributed by atoms with Gasteiger partial charge in [-0.3, -0.25) is 9.59 Å². The SMILES string of the molecule is NC(=O)C=Cc1cccc(C=O)c1O. The van der Waals surface area contributed by atoms with Crippen molar-refractivity contribution in [3.63, 3.8) is 0 Å². The Morgan fingerprint density at radius 3 is 2.57 bits per heavy atom. The third-order valence-corrected chi connectivity index (χ3v) is 1.65. The molecule has 1 amide bonds. The smallest absolute Gasteiger partial charge is 0.241 e. The van der Waals surface area contributed by atoms with Crippen LogP contribution < -0.4 is 5.73 Å². The molecule has 0 heterocycles. The van der Waals surface area contributed by atoms with E-state index in [1.54, 1.807) is 12.1 Å². The minimum absolute atomic E-state index is 0.153. The highest BCUT2D eigenvalue weighted by molar-refractivity contribution is 5.91. The number of phenolic OH excluding ortho intramolecular Hbond substituents is 1. The van der Waals surface area contributed by atoms with Gasteiger partial charge in [0.1, 0.15) is 5.75 Å². The highest BCUT2D eigenvalue weighted by Gasteiger charge is 2.02. The maximum Gasteiger partial charge on any atom is 0.241 e. The van der Waals surface area contributed by atoms with Crippen molar-refractivity contribution in [3.05, 3.63) is 35.4 Å². The quantitative estimate of drug-likeness (QED) is 0.545. The number of hydrogen-bond donors (Lipinski definition) is 2. The van der Waals surface area contributed by atoms with E-state index in [0.717, 1.165) is 6.08 Å². The van der Waals surface area contributed by atoms with Crippen LogP contribution in [0.1, 0.15) is 15.9 Å². The van der Waals surface area contributed by atoms with Crippen LogP contribution in [0.15, 0.2) is 24.3 Å². The molecule has 1 rings (SSSR count). The first kappa shape index (κ1) is 9.98. The lowest BCUT2D eigenvalue weighted by molar-refractivity contribution is -0.113. The van der Waals surface area contributed by atoms with Crippen molar-refractivity contribution in [2.75, 3.05) is 0 Å². The van der Waals surface area contributed by atoms with Gasteiger partial charge in [0.2, 0.25) is 5.91 Å². The van der Waals surface area contributed by atoms with Crippen molar-refractivity contribution < 1.29 is 14.7 Å². The number of phenols is 1. The van der Waals surface area contributed by atoms with Gasteiger partial charge in [-0.25, -0.2) is 0 Å². The van der Waals surface area contributed by atoms with Gasteiger partial charge in [-0.1, -0.05) is 12.1 Å². The number of aldehydes is 1. The molecule has 0 bridgehead atoms. The van der Waals surface area contributed by atoms with Gasteiger partial charge in [0.25, 0.3) is 0 Å². The van der Waals surface area contributed by atoms with Crippen LogP contribution in [0.3, 0.4) is 0 Å². The van der Waals surface area contributed by atoms with Gasteiger partial charge in [-0.2, -0.15) is 0 Å². The molecule has 0 aliphatic rings. The third-order valence-electron chi connectivity index (χ3n) is 1.65. The zero-order valence-corrected chi connectivity index (χ0v) is 7.31. The third kappa shape index (κ3) is 2.20. The first-order chi connectivity index (χ1) is 6.65. The van der Waals surface area contributed by atoms with E-state index in [-0.39, 0.29) is 11.3 Å². The van der Waals surface area contributed by atoms with Gasteiger partial charge in [0, 0.05) is 11.6 Å². The second kappa shape index (κ2) is 4.23. The lowest BCUT2D eigenvalue weighted by Gasteiger charge is -2.00. The molecule has 0 aromatic heterocycles. The van der Waals surface area contributed by atoms with E-state index in [4.69, 9.17) is 5.73 Å². The number of amides is 1. The molecule has 0 radical (unpaired) electrons. The Balaban J connectivity index is 3.09. The van der Waals surface area contributed by atoms with E-state index >= 15 is 0 Å². The van der Waals surface area contributed by atoms with Gasteiger partial charge in [0.15, 0.2) is 6.29 Å². The van der Waals surface area contributed by atoms with E-state index in [1.165, 1.54) is 12.1 Å². The molecule has 0 unspecified atom stereocenters. The van der Waals surface area contributed by atoms with Gasteiger partial charge in [-0.05, 0) is 12.1 Å². The predicted octanol–water partition coefficient (Wildman–Crippen LogP) is 0.703. The summed E-state index contributed by atoms with van der Waals surface area (Å²) in [6, 6.07) is 4.65. The second-order valence-electron chi connectivity index (χ2n) is 2.64. The molecule has 1 aromatic rings. The first-order valence-electron chi connectivity index (χ1n) is 3.90. The Hall–Kier alpha value is -2.10. The number of carbonyl (C=O) groups excluding carboxylic acids is 2. The molecule has 0 saturated carbocycles. The Labute approximate surface area is 80.7 Å². The molecule has 0 saturated heterocycles. The lowest BCUT2D eigenvalue weighted by Crippen LogP contribution is -2.05. The maximum absolute atomic E-state index is 10.4. The normalized spacial score (nSPS) is 10.3. The van der Waals surface area contributed by atoms with E-state index in [0.29, 0.717) is 11.8 Å². The number of hydrogen-bond acceptors (Lipinski definition) is 3. The summed E-state index contributed by atoms with van der Waals surface area (Å²) in [4.78, 5) is 20.9. The molecule has 0 fully saturated rings. The number of primary amides is 1. The van der Waals surface area contributed by atoms with Gasteiger partial charge in [0.05, 0.1) is 5.56 Å². The van der Waals surface area contributed by atoms with E-state index < -0.39 is 5.91 Å². The highest BCUT2D eigenvalue weighted by Crippen LogP contribution is 2.21. The maximum atomic E-state index is 10.4. The molecule has 0 spiro atoms.